The van der Waals surface area contributed by atoms with E-state index < -0.39 is 5.25 Å². The molecule has 0 radical (unpaired) electrons. The summed E-state index contributed by atoms with van der Waals surface area (Å²) in [4.78, 5) is 31.3. The van der Waals surface area contributed by atoms with Crippen molar-refractivity contribution in [2.75, 3.05) is 11.5 Å². The Morgan fingerprint density at radius 1 is 1.26 bits per heavy atom. The lowest BCUT2D eigenvalue weighted by molar-refractivity contribution is -0.121. The second kappa shape index (κ2) is 7.32. The molecule has 2 amide bonds. The number of hydrogen-bond donors (Lipinski definition) is 0. The van der Waals surface area contributed by atoms with E-state index in [1.807, 2.05) is 56.3 Å². The van der Waals surface area contributed by atoms with Gasteiger partial charge in [-0.3, -0.25) is 9.59 Å². The smallest absolute Gasteiger partial charge is 0.247 e. The zero-order valence-corrected chi connectivity index (χ0v) is 16.6. The summed E-state index contributed by atoms with van der Waals surface area (Å²) < 4.78 is 7.33. The molecule has 0 aliphatic carbocycles. The van der Waals surface area contributed by atoms with Gasteiger partial charge in [-0.05, 0) is 43.7 Å². The summed E-state index contributed by atoms with van der Waals surface area (Å²) in [5, 5.41) is -0.441. The Morgan fingerprint density at radius 3 is 2.85 bits per heavy atom. The number of hydrogen-bond acceptors (Lipinski definition) is 6. The fraction of sp³-hybridized carbons (Fsp3) is 0.250. The van der Waals surface area contributed by atoms with Crippen molar-refractivity contribution in [2.45, 2.75) is 29.9 Å². The topological polar surface area (TPSA) is 59.5 Å². The van der Waals surface area contributed by atoms with Crippen molar-refractivity contribution in [3.63, 3.8) is 0 Å². The molecule has 0 spiro atoms. The normalized spacial score (nSPS) is 17.1. The number of amides is 2. The SMILES string of the molecule is CCOc1ccc2nc(S[C@H]3CC(=O)N(c4ccccc4C)C3=O)sc2c1. The molecule has 5 nitrogen and oxygen atoms in total. The summed E-state index contributed by atoms with van der Waals surface area (Å²) in [7, 11) is 0. The quantitative estimate of drug-likeness (QED) is 0.595. The zero-order chi connectivity index (χ0) is 19.0. The van der Waals surface area contributed by atoms with Gasteiger partial charge in [0.25, 0.3) is 0 Å². The largest absolute Gasteiger partial charge is 0.494 e. The van der Waals surface area contributed by atoms with Crippen LogP contribution in [0, 0.1) is 6.92 Å². The lowest BCUT2D eigenvalue weighted by atomic mass is 10.2. The molecule has 138 valence electrons. The Hall–Kier alpha value is -2.38. The third-order valence-corrected chi connectivity index (χ3v) is 6.65. The Kier molecular flexibility index (Phi) is 4.88. The highest BCUT2D eigenvalue weighted by molar-refractivity contribution is 8.02. The van der Waals surface area contributed by atoms with E-state index in [9.17, 15) is 9.59 Å². The van der Waals surface area contributed by atoms with E-state index in [1.165, 1.54) is 28.0 Å². The first-order chi connectivity index (χ1) is 13.1. The highest BCUT2D eigenvalue weighted by Gasteiger charge is 2.41. The van der Waals surface area contributed by atoms with Gasteiger partial charge in [0.05, 0.1) is 22.5 Å². The number of ether oxygens (including phenoxy) is 1. The van der Waals surface area contributed by atoms with Gasteiger partial charge in [-0.2, -0.15) is 0 Å². The number of fused-ring (bicyclic) bond motifs is 1. The Balaban J connectivity index is 1.56. The van der Waals surface area contributed by atoms with Crippen LogP contribution in [-0.2, 0) is 9.59 Å². The second-order valence-electron chi connectivity index (χ2n) is 6.21. The number of aromatic nitrogens is 1. The Labute approximate surface area is 165 Å². The van der Waals surface area contributed by atoms with Gasteiger partial charge < -0.3 is 4.74 Å². The predicted octanol–water partition coefficient (Wildman–Crippen LogP) is 4.43. The second-order valence-corrected chi connectivity index (χ2v) is 8.69. The summed E-state index contributed by atoms with van der Waals surface area (Å²) in [5.41, 5.74) is 2.45. The monoisotopic (exact) mass is 398 g/mol. The van der Waals surface area contributed by atoms with Crippen molar-refractivity contribution in [1.29, 1.82) is 0 Å². The van der Waals surface area contributed by atoms with Gasteiger partial charge in [0.1, 0.15) is 11.0 Å². The number of thioether (sulfide) groups is 1. The molecule has 27 heavy (non-hydrogen) atoms. The van der Waals surface area contributed by atoms with Gasteiger partial charge in [0.2, 0.25) is 11.8 Å². The molecule has 1 aliphatic heterocycles. The van der Waals surface area contributed by atoms with E-state index in [-0.39, 0.29) is 18.2 Å². The Bertz CT molecular complexity index is 1030. The summed E-state index contributed by atoms with van der Waals surface area (Å²) in [6.45, 7) is 4.46. The van der Waals surface area contributed by atoms with Crippen LogP contribution in [0.4, 0.5) is 5.69 Å². The third kappa shape index (κ3) is 3.44. The first kappa shape index (κ1) is 18.0. The molecule has 2 aromatic carbocycles. The zero-order valence-electron chi connectivity index (χ0n) is 15.0. The van der Waals surface area contributed by atoms with E-state index >= 15 is 0 Å². The van der Waals surface area contributed by atoms with Crippen molar-refractivity contribution in [3.05, 3.63) is 48.0 Å². The maximum Gasteiger partial charge on any atom is 0.247 e. The molecule has 1 aliphatic rings. The lowest BCUT2D eigenvalue weighted by Gasteiger charge is -2.16. The molecule has 0 unspecified atom stereocenters. The van der Waals surface area contributed by atoms with Gasteiger partial charge in [0, 0.05) is 6.42 Å². The molecule has 2 heterocycles. The summed E-state index contributed by atoms with van der Waals surface area (Å²) in [6.07, 6.45) is 0.192. The van der Waals surface area contributed by atoms with E-state index in [2.05, 4.69) is 4.98 Å². The molecule has 1 atom stereocenters. The first-order valence-electron chi connectivity index (χ1n) is 8.69. The van der Waals surface area contributed by atoms with Crippen LogP contribution in [0.1, 0.15) is 18.9 Å². The fourth-order valence-corrected chi connectivity index (χ4v) is 5.44. The van der Waals surface area contributed by atoms with Gasteiger partial charge in [-0.1, -0.05) is 30.0 Å². The maximum absolute atomic E-state index is 12.9. The molecule has 4 rings (SSSR count). The highest BCUT2D eigenvalue weighted by atomic mass is 32.2. The molecule has 1 saturated heterocycles. The standard InChI is InChI=1S/C20H18N2O3S2/c1-3-25-13-8-9-14-16(10-13)26-20(21-14)27-17-11-18(23)22(19(17)24)15-7-5-4-6-12(15)2/h4-10,17H,3,11H2,1-2H3/t17-/m0/s1. The minimum atomic E-state index is -0.441. The number of aryl methyl sites for hydroxylation is 1. The van der Waals surface area contributed by atoms with Crippen molar-refractivity contribution in [3.8, 4) is 5.75 Å². The summed E-state index contributed by atoms with van der Waals surface area (Å²) >= 11 is 2.88. The highest BCUT2D eigenvalue weighted by Crippen LogP contribution is 2.38. The number of imide groups is 1. The van der Waals surface area contributed by atoms with Crippen molar-refractivity contribution in [1.82, 2.24) is 4.98 Å². The molecule has 1 aromatic heterocycles. The molecule has 0 N–H and O–H groups in total. The average molecular weight is 399 g/mol. The number of carbonyl (C=O) groups excluding carboxylic acids is 2. The lowest BCUT2D eigenvalue weighted by Crippen LogP contribution is -2.31. The van der Waals surface area contributed by atoms with Gasteiger partial charge in [-0.25, -0.2) is 9.88 Å². The summed E-state index contributed by atoms with van der Waals surface area (Å²) in [5.74, 6) is 0.475. The number of benzene rings is 2. The van der Waals surface area contributed by atoms with Gasteiger partial charge >= 0.3 is 0 Å². The van der Waals surface area contributed by atoms with E-state index in [1.54, 1.807) is 0 Å². The maximum atomic E-state index is 12.9. The number of nitrogens with zero attached hydrogens (tertiary/aromatic N) is 2. The first-order valence-corrected chi connectivity index (χ1v) is 10.4. The minimum Gasteiger partial charge on any atom is -0.494 e. The summed E-state index contributed by atoms with van der Waals surface area (Å²) in [6, 6.07) is 13.2. The van der Waals surface area contributed by atoms with E-state index in [0.29, 0.717) is 12.3 Å². The van der Waals surface area contributed by atoms with Crippen LogP contribution < -0.4 is 9.64 Å². The van der Waals surface area contributed by atoms with Crippen LogP contribution in [0.5, 0.6) is 5.75 Å². The van der Waals surface area contributed by atoms with E-state index in [4.69, 9.17) is 4.74 Å². The number of anilines is 1. The van der Waals surface area contributed by atoms with Crippen LogP contribution in [0.15, 0.2) is 46.8 Å². The number of para-hydroxylation sites is 1. The number of thiazole rings is 1. The minimum absolute atomic E-state index is 0.161. The number of rotatable bonds is 5. The van der Waals surface area contributed by atoms with Crippen molar-refractivity contribution >= 4 is 50.8 Å². The molecule has 0 saturated carbocycles. The van der Waals surface area contributed by atoms with Crippen LogP contribution in [-0.4, -0.2) is 28.7 Å². The third-order valence-electron chi connectivity index (χ3n) is 4.36. The molecule has 1 fully saturated rings. The molecular weight excluding hydrogens is 380 g/mol. The Morgan fingerprint density at radius 2 is 2.07 bits per heavy atom. The van der Waals surface area contributed by atoms with Gasteiger partial charge in [-0.15, -0.1) is 11.3 Å². The van der Waals surface area contributed by atoms with Crippen LogP contribution in [0.3, 0.4) is 0 Å². The molecule has 3 aromatic rings. The number of carbonyl (C=O) groups is 2. The van der Waals surface area contributed by atoms with Crippen LogP contribution in [0.2, 0.25) is 0 Å². The van der Waals surface area contributed by atoms with Crippen molar-refractivity contribution < 1.29 is 14.3 Å². The molecule has 0 bridgehead atoms. The molecule has 7 heteroatoms. The molecular formula is C20H18N2O3S2. The van der Waals surface area contributed by atoms with Crippen LogP contribution in [0.25, 0.3) is 10.2 Å². The fourth-order valence-electron chi connectivity index (χ4n) is 3.08. The van der Waals surface area contributed by atoms with Crippen molar-refractivity contribution in [2.24, 2.45) is 0 Å². The van der Waals surface area contributed by atoms with E-state index in [0.717, 1.165) is 25.9 Å². The average Bonchev–Trinajstić information content (AvgIpc) is 3.16. The van der Waals surface area contributed by atoms with Crippen LogP contribution >= 0.6 is 23.1 Å². The van der Waals surface area contributed by atoms with Gasteiger partial charge in [0.15, 0.2) is 4.34 Å². The predicted molar refractivity (Wildman–Crippen MR) is 109 cm³/mol.